The molecule has 1 aromatic carbocycles. The number of likely N-dealkylation sites (tertiary alicyclic amines) is 1. The van der Waals surface area contributed by atoms with Crippen molar-refractivity contribution >= 4 is 29.0 Å². The van der Waals surface area contributed by atoms with E-state index in [1.807, 2.05) is 0 Å². The minimum Gasteiger partial charge on any atom is -0.478 e. The molecule has 0 spiro atoms. The average Bonchev–Trinajstić information content (AvgIpc) is 2.66. The van der Waals surface area contributed by atoms with Crippen LogP contribution in [0.5, 0.6) is 0 Å². The molecular formula is C18H24N6O2. The smallest absolute Gasteiger partial charge is 0.335 e. The summed E-state index contributed by atoms with van der Waals surface area (Å²) in [5.41, 5.74) is 7.55. The maximum Gasteiger partial charge on any atom is 0.335 e. The van der Waals surface area contributed by atoms with Gasteiger partial charge in [0.1, 0.15) is 12.0 Å². The highest BCUT2D eigenvalue weighted by Gasteiger charge is 2.11. The molecule has 8 heteroatoms. The van der Waals surface area contributed by atoms with Crippen LogP contribution in [-0.2, 0) is 0 Å². The van der Waals surface area contributed by atoms with E-state index >= 15 is 0 Å². The fourth-order valence-corrected chi connectivity index (χ4v) is 2.98. The fourth-order valence-electron chi connectivity index (χ4n) is 2.98. The van der Waals surface area contributed by atoms with Gasteiger partial charge in [0, 0.05) is 18.8 Å². The van der Waals surface area contributed by atoms with Crippen LogP contribution in [0.1, 0.15) is 29.6 Å². The minimum atomic E-state index is -0.960. The Kier molecular flexibility index (Phi) is 5.85. The van der Waals surface area contributed by atoms with Gasteiger partial charge in [-0.1, -0.05) is 6.42 Å². The number of carbonyl (C=O) groups is 1. The van der Waals surface area contributed by atoms with Crippen molar-refractivity contribution in [3.05, 3.63) is 36.2 Å². The predicted molar refractivity (Wildman–Crippen MR) is 102 cm³/mol. The van der Waals surface area contributed by atoms with Crippen molar-refractivity contribution in [3.8, 4) is 0 Å². The monoisotopic (exact) mass is 356 g/mol. The number of piperidine rings is 1. The lowest BCUT2D eigenvalue weighted by Gasteiger charge is -2.26. The summed E-state index contributed by atoms with van der Waals surface area (Å²) in [5, 5.41) is 15.3. The number of nitrogens with zero attached hydrogens (tertiary/aromatic N) is 3. The topological polar surface area (TPSA) is 116 Å². The molecule has 26 heavy (non-hydrogen) atoms. The molecule has 3 rings (SSSR count). The summed E-state index contributed by atoms with van der Waals surface area (Å²) >= 11 is 0. The SMILES string of the molecule is Nc1c(NCCN2CCCCC2)ncnc1Nc1ccc(C(=O)O)cc1. The van der Waals surface area contributed by atoms with Crippen LogP contribution in [0.3, 0.4) is 0 Å². The van der Waals surface area contributed by atoms with E-state index in [2.05, 4.69) is 25.5 Å². The van der Waals surface area contributed by atoms with Crippen LogP contribution in [0.4, 0.5) is 23.0 Å². The first-order valence-electron chi connectivity index (χ1n) is 8.80. The average molecular weight is 356 g/mol. The molecule has 0 unspecified atom stereocenters. The largest absolute Gasteiger partial charge is 0.478 e. The van der Waals surface area contributed by atoms with Gasteiger partial charge >= 0.3 is 5.97 Å². The van der Waals surface area contributed by atoms with Crippen LogP contribution in [0.25, 0.3) is 0 Å². The maximum atomic E-state index is 10.9. The maximum absolute atomic E-state index is 10.9. The lowest BCUT2D eigenvalue weighted by Crippen LogP contribution is -2.33. The number of nitrogens with two attached hydrogens (primary N) is 1. The molecule has 1 aliphatic rings. The molecule has 1 saturated heterocycles. The Bertz CT molecular complexity index is 744. The van der Waals surface area contributed by atoms with E-state index in [0.717, 1.165) is 26.2 Å². The van der Waals surface area contributed by atoms with Crippen LogP contribution in [-0.4, -0.2) is 52.1 Å². The summed E-state index contributed by atoms with van der Waals surface area (Å²) in [6, 6.07) is 6.41. The highest BCUT2D eigenvalue weighted by Crippen LogP contribution is 2.25. The molecule has 138 valence electrons. The van der Waals surface area contributed by atoms with Gasteiger partial charge in [-0.3, -0.25) is 0 Å². The Labute approximate surface area is 152 Å². The number of benzene rings is 1. The second-order valence-corrected chi connectivity index (χ2v) is 6.32. The lowest BCUT2D eigenvalue weighted by molar-refractivity contribution is 0.0697. The highest BCUT2D eigenvalue weighted by atomic mass is 16.4. The van der Waals surface area contributed by atoms with Crippen molar-refractivity contribution in [3.63, 3.8) is 0 Å². The third kappa shape index (κ3) is 4.60. The van der Waals surface area contributed by atoms with Gasteiger partial charge in [-0.25, -0.2) is 14.8 Å². The Balaban J connectivity index is 1.60. The van der Waals surface area contributed by atoms with Crippen molar-refractivity contribution < 1.29 is 9.90 Å². The van der Waals surface area contributed by atoms with Gasteiger partial charge in [-0.2, -0.15) is 0 Å². The Morgan fingerprint density at radius 3 is 2.50 bits per heavy atom. The first kappa shape index (κ1) is 17.9. The molecule has 0 aliphatic carbocycles. The molecule has 0 saturated carbocycles. The Hall–Kier alpha value is -2.87. The summed E-state index contributed by atoms with van der Waals surface area (Å²) < 4.78 is 0. The molecule has 1 aliphatic heterocycles. The standard InChI is InChI=1S/C18H24N6O2/c19-15-16(20-8-11-24-9-2-1-3-10-24)21-12-22-17(15)23-14-6-4-13(5-7-14)18(25)26/h4-7,12H,1-3,8-11,19H2,(H,25,26)(H2,20,21,22,23). The molecule has 8 nitrogen and oxygen atoms in total. The minimum absolute atomic E-state index is 0.228. The highest BCUT2D eigenvalue weighted by molar-refractivity contribution is 5.88. The molecule has 5 N–H and O–H groups in total. The van der Waals surface area contributed by atoms with Gasteiger partial charge in [0.05, 0.1) is 5.56 Å². The molecule has 0 atom stereocenters. The zero-order valence-corrected chi connectivity index (χ0v) is 14.6. The van der Waals surface area contributed by atoms with Gasteiger partial charge in [-0.15, -0.1) is 0 Å². The second-order valence-electron chi connectivity index (χ2n) is 6.32. The number of aromatic carboxylic acids is 1. The van der Waals surface area contributed by atoms with Crippen molar-refractivity contribution in [1.29, 1.82) is 0 Å². The van der Waals surface area contributed by atoms with Crippen LogP contribution in [0.15, 0.2) is 30.6 Å². The van der Waals surface area contributed by atoms with Crippen LogP contribution >= 0.6 is 0 Å². The Morgan fingerprint density at radius 1 is 1.12 bits per heavy atom. The molecule has 1 aromatic heterocycles. The molecule has 0 bridgehead atoms. The zero-order valence-electron chi connectivity index (χ0n) is 14.6. The van der Waals surface area contributed by atoms with E-state index in [1.54, 1.807) is 12.1 Å². The number of carboxylic acids is 1. The zero-order chi connectivity index (χ0) is 18.4. The third-order valence-electron chi connectivity index (χ3n) is 4.45. The van der Waals surface area contributed by atoms with Crippen molar-refractivity contribution in [2.45, 2.75) is 19.3 Å². The van der Waals surface area contributed by atoms with Crippen molar-refractivity contribution in [1.82, 2.24) is 14.9 Å². The first-order valence-corrected chi connectivity index (χ1v) is 8.80. The first-order chi connectivity index (χ1) is 12.6. The number of nitrogens with one attached hydrogen (secondary N) is 2. The van der Waals surface area contributed by atoms with Crippen molar-refractivity contribution in [2.24, 2.45) is 0 Å². The van der Waals surface area contributed by atoms with Gasteiger partial charge < -0.3 is 26.4 Å². The van der Waals surface area contributed by atoms with E-state index in [-0.39, 0.29) is 5.56 Å². The van der Waals surface area contributed by atoms with E-state index in [9.17, 15) is 4.79 Å². The summed E-state index contributed by atoms with van der Waals surface area (Å²) in [6.45, 7) is 4.04. The van der Waals surface area contributed by atoms with E-state index in [1.165, 1.54) is 37.7 Å². The number of nitrogen functional groups attached to an aromatic ring is 1. The number of aromatic nitrogens is 2. The Morgan fingerprint density at radius 2 is 1.81 bits per heavy atom. The van der Waals surface area contributed by atoms with Crippen LogP contribution in [0, 0.1) is 0 Å². The lowest BCUT2D eigenvalue weighted by atomic mass is 10.1. The summed E-state index contributed by atoms with van der Waals surface area (Å²) in [6.07, 6.45) is 5.31. The summed E-state index contributed by atoms with van der Waals surface area (Å²) in [5.74, 6) is 0.128. The fraction of sp³-hybridized carbons (Fsp3) is 0.389. The number of hydrogen-bond donors (Lipinski definition) is 4. The summed E-state index contributed by atoms with van der Waals surface area (Å²) in [4.78, 5) is 21.7. The second kappa shape index (κ2) is 8.48. The number of hydrogen-bond acceptors (Lipinski definition) is 7. The number of carboxylic acid groups (broad SMARTS) is 1. The molecular weight excluding hydrogens is 332 g/mol. The van der Waals surface area contributed by atoms with Gasteiger partial charge in [-0.05, 0) is 50.2 Å². The van der Waals surface area contributed by atoms with E-state index in [0.29, 0.717) is 23.0 Å². The van der Waals surface area contributed by atoms with Gasteiger partial charge in [0.2, 0.25) is 0 Å². The van der Waals surface area contributed by atoms with E-state index < -0.39 is 5.97 Å². The van der Waals surface area contributed by atoms with Crippen LogP contribution in [0.2, 0.25) is 0 Å². The van der Waals surface area contributed by atoms with Gasteiger partial charge in [0.25, 0.3) is 0 Å². The normalized spacial score (nSPS) is 14.8. The molecule has 2 aromatic rings. The molecule has 2 heterocycles. The number of anilines is 4. The van der Waals surface area contributed by atoms with Crippen molar-refractivity contribution in [2.75, 3.05) is 42.5 Å². The molecule has 1 fully saturated rings. The number of rotatable bonds is 7. The quantitative estimate of drug-likeness (QED) is 0.597. The van der Waals surface area contributed by atoms with E-state index in [4.69, 9.17) is 10.8 Å². The predicted octanol–water partition coefficient (Wildman–Crippen LogP) is 2.40. The molecule has 0 amide bonds. The van der Waals surface area contributed by atoms with Crippen LogP contribution < -0.4 is 16.4 Å². The third-order valence-corrected chi connectivity index (χ3v) is 4.45. The summed E-state index contributed by atoms with van der Waals surface area (Å²) in [7, 11) is 0. The molecule has 0 radical (unpaired) electrons. The van der Waals surface area contributed by atoms with Gasteiger partial charge in [0.15, 0.2) is 11.6 Å².